The van der Waals surface area contributed by atoms with Crippen molar-refractivity contribution in [2.45, 2.75) is 46.5 Å². The van der Waals surface area contributed by atoms with E-state index >= 15 is 0 Å². The third-order valence-corrected chi connectivity index (χ3v) is 2.49. The predicted octanol–water partition coefficient (Wildman–Crippen LogP) is 2.42. The Morgan fingerprint density at radius 3 is 1.42 bits per heavy atom. The van der Waals surface area contributed by atoms with Crippen molar-refractivity contribution in [2.24, 2.45) is 0 Å². The zero-order valence-electron chi connectivity index (χ0n) is 15.6. The van der Waals surface area contributed by atoms with Crippen molar-refractivity contribution in [3.8, 4) is 0 Å². The molecule has 0 unspecified atom stereocenters. The van der Waals surface area contributed by atoms with Gasteiger partial charge >= 0.3 is 23.9 Å². The van der Waals surface area contributed by atoms with Gasteiger partial charge in [-0.25, -0.2) is 19.2 Å². The number of hydrogen-bond acceptors (Lipinski definition) is 7. The lowest BCUT2D eigenvalue weighted by atomic mass is 10.4. The molecule has 8 nitrogen and oxygen atoms in total. The molecule has 0 heterocycles. The minimum absolute atomic E-state index is 0.253. The van der Waals surface area contributed by atoms with E-state index in [1.54, 1.807) is 6.92 Å². The normalized spacial score (nSPS) is 10.1. The van der Waals surface area contributed by atoms with E-state index in [9.17, 15) is 19.2 Å². The van der Waals surface area contributed by atoms with Gasteiger partial charge in [-0.05, 0) is 19.8 Å². The van der Waals surface area contributed by atoms with Gasteiger partial charge in [0.15, 0.2) is 0 Å². The molecule has 0 rings (SSSR count). The summed E-state index contributed by atoms with van der Waals surface area (Å²) in [5.41, 5.74) is 0. The molecule has 0 amide bonds. The van der Waals surface area contributed by atoms with Gasteiger partial charge in [0.2, 0.25) is 0 Å². The highest BCUT2D eigenvalue weighted by Gasteiger charge is 2.00. The van der Waals surface area contributed by atoms with Gasteiger partial charge in [0.25, 0.3) is 0 Å². The van der Waals surface area contributed by atoms with Crippen molar-refractivity contribution < 1.29 is 38.5 Å². The van der Waals surface area contributed by atoms with Gasteiger partial charge in [-0.15, -0.1) is 0 Å². The molecule has 0 atom stereocenters. The van der Waals surface area contributed by atoms with Crippen LogP contribution in [0.5, 0.6) is 0 Å². The summed E-state index contributed by atoms with van der Waals surface area (Å²) < 4.78 is 14.1. The highest BCUT2D eigenvalue weighted by atomic mass is 16.5. The topological polar surface area (TPSA) is 116 Å². The molecule has 0 spiro atoms. The monoisotopic (exact) mass is 372 g/mol. The highest BCUT2D eigenvalue weighted by Crippen LogP contribution is 1.92. The number of carboxylic acids is 1. The average Bonchev–Trinajstić information content (AvgIpc) is 2.59. The number of esters is 3. The smallest absolute Gasteiger partial charge is 0.331 e. The summed E-state index contributed by atoms with van der Waals surface area (Å²) in [5.74, 6) is -2.79. The minimum atomic E-state index is -1.16. The van der Waals surface area contributed by atoms with Crippen LogP contribution in [-0.2, 0) is 33.4 Å². The molecule has 8 heteroatoms. The van der Waals surface area contributed by atoms with Gasteiger partial charge in [-0.1, -0.05) is 26.7 Å². The number of carbonyl (C=O) groups excluding carboxylic acids is 3. The standard InChI is InChI=1S/C12H20O4.C6H8O4/c1-3-5-9-15-11(13)7-8-12(14)16-10-6-4-2;1-2-10-6(9)4-3-5(7)8/h7-8H,3-6,9-10H2,1-2H3;3-4H,2H2,1H3,(H,7,8)/b8-7+;4-3+. The van der Waals surface area contributed by atoms with E-state index in [1.807, 2.05) is 13.8 Å². The van der Waals surface area contributed by atoms with Crippen molar-refractivity contribution in [1.29, 1.82) is 0 Å². The zero-order valence-corrected chi connectivity index (χ0v) is 15.6. The third-order valence-electron chi connectivity index (χ3n) is 2.49. The summed E-state index contributed by atoms with van der Waals surface area (Å²) in [4.78, 5) is 42.3. The summed E-state index contributed by atoms with van der Waals surface area (Å²) in [6.45, 7) is 6.70. The Labute approximate surface area is 153 Å². The van der Waals surface area contributed by atoms with Gasteiger partial charge < -0.3 is 19.3 Å². The maximum absolute atomic E-state index is 11.0. The summed E-state index contributed by atoms with van der Waals surface area (Å²) in [6.07, 6.45) is 7.41. The molecule has 0 saturated heterocycles. The molecule has 148 valence electrons. The number of hydrogen-bond donors (Lipinski definition) is 1. The second-order valence-electron chi connectivity index (χ2n) is 4.80. The fourth-order valence-electron chi connectivity index (χ4n) is 1.20. The molecule has 0 aliphatic heterocycles. The van der Waals surface area contributed by atoms with Crippen LogP contribution in [0, 0.1) is 0 Å². The first kappa shape index (κ1) is 25.6. The van der Waals surface area contributed by atoms with Gasteiger partial charge in [0.05, 0.1) is 19.8 Å². The number of unbranched alkanes of at least 4 members (excludes halogenated alkanes) is 2. The lowest BCUT2D eigenvalue weighted by Gasteiger charge is -2.00. The molecule has 0 aliphatic rings. The summed E-state index contributed by atoms with van der Waals surface area (Å²) >= 11 is 0. The third kappa shape index (κ3) is 21.4. The van der Waals surface area contributed by atoms with Crippen molar-refractivity contribution in [3.63, 3.8) is 0 Å². The van der Waals surface area contributed by atoms with Crippen LogP contribution in [0.15, 0.2) is 24.3 Å². The first-order valence-electron chi connectivity index (χ1n) is 8.46. The maximum Gasteiger partial charge on any atom is 0.331 e. The van der Waals surface area contributed by atoms with Crippen LogP contribution in [0.25, 0.3) is 0 Å². The second-order valence-corrected chi connectivity index (χ2v) is 4.80. The average molecular weight is 372 g/mol. The van der Waals surface area contributed by atoms with Gasteiger partial charge in [-0.3, -0.25) is 0 Å². The molecule has 26 heavy (non-hydrogen) atoms. The lowest BCUT2D eigenvalue weighted by molar-refractivity contribution is -0.140. The van der Waals surface area contributed by atoms with Crippen LogP contribution in [0.3, 0.4) is 0 Å². The Morgan fingerprint density at radius 2 is 1.08 bits per heavy atom. The molecular weight excluding hydrogens is 344 g/mol. The van der Waals surface area contributed by atoms with E-state index in [0.717, 1.165) is 50.0 Å². The van der Waals surface area contributed by atoms with Crippen molar-refractivity contribution in [3.05, 3.63) is 24.3 Å². The molecule has 0 bridgehead atoms. The van der Waals surface area contributed by atoms with E-state index in [1.165, 1.54) is 0 Å². The second kappa shape index (κ2) is 18.7. The van der Waals surface area contributed by atoms with Crippen LogP contribution < -0.4 is 0 Å². The summed E-state index contributed by atoms with van der Waals surface area (Å²) in [5, 5.41) is 8.04. The molecule has 0 radical (unpaired) electrons. The number of ether oxygens (including phenoxy) is 3. The van der Waals surface area contributed by atoms with E-state index in [4.69, 9.17) is 14.6 Å². The summed E-state index contributed by atoms with van der Waals surface area (Å²) in [6, 6.07) is 0. The zero-order chi connectivity index (χ0) is 20.2. The Kier molecular flexibility index (Phi) is 18.4. The highest BCUT2D eigenvalue weighted by molar-refractivity contribution is 5.91. The van der Waals surface area contributed by atoms with Crippen LogP contribution in [0.1, 0.15) is 46.5 Å². The Bertz CT molecular complexity index is 456. The van der Waals surface area contributed by atoms with Crippen LogP contribution in [-0.4, -0.2) is 48.8 Å². The minimum Gasteiger partial charge on any atom is -0.478 e. The molecule has 0 aliphatic carbocycles. The lowest BCUT2D eigenvalue weighted by Crippen LogP contribution is -2.05. The number of aliphatic carboxylic acids is 1. The quantitative estimate of drug-likeness (QED) is 0.254. The number of carbonyl (C=O) groups is 4. The predicted molar refractivity (Wildman–Crippen MR) is 94.3 cm³/mol. The number of carboxylic acid groups (broad SMARTS) is 1. The van der Waals surface area contributed by atoms with Gasteiger partial charge in [-0.2, -0.15) is 0 Å². The van der Waals surface area contributed by atoms with Crippen LogP contribution >= 0.6 is 0 Å². The Hall–Kier alpha value is -2.64. The largest absolute Gasteiger partial charge is 0.478 e. The molecule has 0 aromatic carbocycles. The van der Waals surface area contributed by atoms with Gasteiger partial charge in [0.1, 0.15) is 0 Å². The van der Waals surface area contributed by atoms with Crippen molar-refractivity contribution in [2.75, 3.05) is 19.8 Å². The number of rotatable bonds is 11. The summed E-state index contributed by atoms with van der Waals surface area (Å²) in [7, 11) is 0. The SMILES string of the molecule is CCCCOC(=O)/C=C/C(=O)OCCCC.CCOC(=O)/C=C/C(=O)O. The Balaban J connectivity index is 0. The molecule has 0 aromatic rings. The maximum atomic E-state index is 11.0. The first-order valence-corrected chi connectivity index (χ1v) is 8.46. The molecule has 0 aromatic heterocycles. The molecule has 0 saturated carbocycles. The van der Waals surface area contributed by atoms with E-state index in [-0.39, 0.29) is 6.61 Å². The molecular formula is C18H28O8. The van der Waals surface area contributed by atoms with E-state index < -0.39 is 23.9 Å². The van der Waals surface area contributed by atoms with Crippen LogP contribution in [0.4, 0.5) is 0 Å². The van der Waals surface area contributed by atoms with E-state index in [2.05, 4.69) is 4.74 Å². The van der Waals surface area contributed by atoms with Crippen molar-refractivity contribution >= 4 is 23.9 Å². The van der Waals surface area contributed by atoms with Crippen molar-refractivity contribution in [1.82, 2.24) is 0 Å². The van der Waals surface area contributed by atoms with E-state index in [0.29, 0.717) is 13.2 Å². The van der Waals surface area contributed by atoms with Gasteiger partial charge in [0, 0.05) is 24.3 Å². The molecule has 1 N–H and O–H groups in total. The molecule has 0 fully saturated rings. The fourth-order valence-corrected chi connectivity index (χ4v) is 1.20. The fraction of sp³-hybridized carbons (Fsp3) is 0.556. The van der Waals surface area contributed by atoms with Crippen LogP contribution in [0.2, 0.25) is 0 Å². The Morgan fingerprint density at radius 1 is 0.692 bits per heavy atom. The first-order chi connectivity index (χ1) is 12.4.